The SMILES string of the molecule is CCCC1C2(O)CC(O)C3(CO)C4(C)CCC5(CCCCCC6CCCCC6)C6CC(C)(C(=O)O)CCC6(C)CCC5(C)C4CCC13C(Cc1ccc(CCOC)cc1)O2. The normalized spacial score (nSPS) is 46.2. The lowest BCUT2D eigenvalue weighted by atomic mass is 9.25. The zero-order valence-electron chi connectivity index (χ0n) is 38.7. The number of carboxylic acid groups (broad SMARTS) is 1. The molecule has 7 nitrogen and oxygen atoms in total. The molecule has 0 aromatic heterocycles. The predicted octanol–water partition coefficient (Wildman–Crippen LogP) is 11.1. The smallest absolute Gasteiger partial charge is 0.309 e. The highest BCUT2D eigenvalue weighted by Crippen LogP contribution is 2.84. The molecule has 1 aromatic carbocycles. The van der Waals surface area contributed by atoms with E-state index >= 15 is 0 Å². The number of ether oxygens (including phenoxy) is 2. The number of rotatable bonds is 15. The maximum Gasteiger partial charge on any atom is 0.309 e. The molecule has 1 aromatic rings. The van der Waals surface area contributed by atoms with Crippen molar-refractivity contribution in [1.82, 2.24) is 0 Å². The summed E-state index contributed by atoms with van der Waals surface area (Å²) in [6.07, 6.45) is 23.8. The number of carbonyl (C=O) groups is 1. The lowest BCUT2D eigenvalue weighted by Gasteiger charge is -2.78. The maximum absolute atomic E-state index is 13.1. The van der Waals surface area contributed by atoms with E-state index in [1.54, 1.807) is 7.11 Å². The number of methoxy groups -OCH3 is 1. The van der Waals surface area contributed by atoms with E-state index in [0.29, 0.717) is 18.9 Å². The molecule has 0 amide bonds. The molecule has 7 fully saturated rings. The lowest BCUT2D eigenvalue weighted by molar-refractivity contribution is -0.339. The van der Waals surface area contributed by atoms with E-state index in [1.165, 1.54) is 68.9 Å². The van der Waals surface area contributed by atoms with E-state index < -0.39 is 39.5 Å². The second-order valence-electron chi connectivity index (χ2n) is 23.4. The number of aliphatic hydroxyl groups is 3. The lowest BCUT2D eigenvalue weighted by Crippen LogP contribution is -2.77. The molecule has 0 radical (unpaired) electrons. The molecule has 7 heteroatoms. The number of unbranched alkanes of at least 4 members (excludes halogenated alkanes) is 2. The molecule has 4 N–H and O–H groups in total. The second-order valence-corrected chi connectivity index (χ2v) is 23.4. The van der Waals surface area contributed by atoms with E-state index in [9.17, 15) is 25.2 Å². The summed E-state index contributed by atoms with van der Waals surface area (Å²) in [5.74, 6) is -0.764. The van der Waals surface area contributed by atoms with Crippen LogP contribution in [-0.2, 0) is 27.1 Å². The zero-order valence-corrected chi connectivity index (χ0v) is 38.7. The monoisotopic (exact) mass is 833 g/mol. The van der Waals surface area contributed by atoms with Crippen LogP contribution in [0.25, 0.3) is 0 Å². The third-order valence-corrected chi connectivity index (χ3v) is 21.1. The van der Waals surface area contributed by atoms with Crippen LogP contribution in [0.3, 0.4) is 0 Å². The van der Waals surface area contributed by atoms with Gasteiger partial charge in [-0.3, -0.25) is 4.79 Å². The molecule has 1 spiro atoms. The van der Waals surface area contributed by atoms with Gasteiger partial charge in [0.1, 0.15) is 0 Å². The average molecular weight is 833 g/mol. The van der Waals surface area contributed by atoms with Gasteiger partial charge in [0, 0.05) is 30.3 Å². The molecule has 13 atom stereocenters. The number of aliphatic carboxylic acids is 1. The average Bonchev–Trinajstić information content (AvgIpc) is 3.39. The van der Waals surface area contributed by atoms with Crippen LogP contribution in [0.15, 0.2) is 24.3 Å². The van der Waals surface area contributed by atoms with Crippen molar-refractivity contribution in [3.63, 3.8) is 0 Å². The van der Waals surface area contributed by atoms with Crippen molar-refractivity contribution in [1.29, 1.82) is 0 Å². The van der Waals surface area contributed by atoms with Crippen LogP contribution in [0.1, 0.15) is 187 Å². The topological polar surface area (TPSA) is 116 Å². The third-order valence-electron chi connectivity index (χ3n) is 21.1. The summed E-state index contributed by atoms with van der Waals surface area (Å²) in [5, 5.41) is 48.7. The van der Waals surface area contributed by atoms with Gasteiger partial charge in [0.2, 0.25) is 0 Å². The van der Waals surface area contributed by atoms with Gasteiger partial charge in [0.15, 0.2) is 5.79 Å². The Bertz CT molecular complexity index is 1670. The van der Waals surface area contributed by atoms with Gasteiger partial charge >= 0.3 is 5.97 Å². The van der Waals surface area contributed by atoms with Gasteiger partial charge in [0.25, 0.3) is 0 Å². The van der Waals surface area contributed by atoms with Gasteiger partial charge in [-0.2, -0.15) is 0 Å². The van der Waals surface area contributed by atoms with Crippen molar-refractivity contribution >= 4 is 5.97 Å². The Labute approximate surface area is 363 Å². The van der Waals surface area contributed by atoms with Crippen LogP contribution >= 0.6 is 0 Å². The van der Waals surface area contributed by atoms with Crippen LogP contribution in [0, 0.1) is 61.6 Å². The number of carboxylic acids is 1. The van der Waals surface area contributed by atoms with Gasteiger partial charge in [-0.15, -0.1) is 0 Å². The van der Waals surface area contributed by atoms with Crippen LogP contribution in [0.5, 0.6) is 0 Å². The van der Waals surface area contributed by atoms with E-state index in [0.717, 1.165) is 89.4 Å². The van der Waals surface area contributed by atoms with Gasteiger partial charge in [-0.05, 0) is 141 Å². The number of hydrogen-bond acceptors (Lipinski definition) is 6. The summed E-state index contributed by atoms with van der Waals surface area (Å²) < 4.78 is 12.4. The van der Waals surface area contributed by atoms with Crippen LogP contribution in [0.4, 0.5) is 0 Å². The molecule has 60 heavy (non-hydrogen) atoms. The molecule has 13 unspecified atom stereocenters. The predicted molar refractivity (Wildman–Crippen MR) is 237 cm³/mol. The first kappa shape index (κ1) is 45.1. The van der Waals surface area contributed by atoms with E-state index in [-0.39, 0.29) is 47.2 Å². The van der Waals surface area contributed by atoms with Crippen molar-refractivity contribution < 1.29 is 34.7 Å². The number of hydrogen-bond donors (Lipinski definition) is 4. The number of fused-ring (bicyclic) bond motifs is 7. The number of benzene rings is 1. The van der Waals surface area contributed by atoms with Crippen LogP contribution in [0.2, 0.25) is 0 Å². The van der Waals surface area contributed by atoms with E-state index in [2.05, 4.69) is 52.0 Å². The molecule has 2 bridgehead atoms. The van der Waals surface area contributed by atoms with Gasteiger partial charge in [0.05, 0.1) is 30.8 Å². The first-order valence-corrected chi connectivity index (χ1v) is 25.1. The molecule has 1 aliphatic heterocycles. The fraction of sp³-hybridized carbons (Fsp3) is 0.868. The Balaban J connectivity index is 1.18. The van der Waals surface area contributed by atoms with Crippen molar-refractivity contribution in [3.8, 4) is 0 Å². The maximum atomic E-state index is 13.1. The minimum absolute atomic E-state index is 0.00733. The molecule has 6 saturated carbocycles. The Kier molecular flexibility index (Phi) is 12.4. The van der Waals surface area contributed by atoms with Crippen molar-refractivity contribution in [2.24, 2.45) is 61.6 Å². The Morgan fingerprint density at radius 1 is 0.817 bits per heavy atom. The van der Waals surface area contributed by atoms with E-state index in [1.807, 2.05) is 6.92 Å². The molecule has 1 saturated heterocycles. The molecule has 6 aliphatic carbocycles. The summed E-state index contributed by atoms with van der Waals surface area (Å²) >= 11 is 0. The van der Waals surface area contributed by atoms with Gasteiger partial charge < -0.3 is 29.9 Å². The minimum atomic E-state index is -1.43. The molecular formula is C53H84O7. The molecular weight excluding hydrogens is 749 g/mol. The highest BCUT2D eigenvalue weighted by molar-refractivity contribution is 5.74. The summed E-state index contributed by atoms with van der Waals surface area (Å²) in [4.78, 5) is 13.1. The van der Waals surface area contributed by atoms with Gasteiger partial charge in [-0.1, -0.05) is 116 Å². The van der Waals surface area contributed by atoms with E-state index in [4.69, 9.17) is 9.47 Å². The van der Waals surface area contributed by atoms with Crippen LogP contribution in [-0.4, -0.2) is 64.7 Å². The minimum Gasteiger partial charge on any atom is -0.481 e. The summed E-state index contributed by atoms with van der Waals surface area (Å²) in [6, 6.07) is 8.78. The molecule has 1 heterocycles. The highest BCUT2D eigenvalue weighted by Gasteiger charge is 2.84. The van der Waals surface area contributed by atoms with Crippen molar-refractivity contribution in [2.45, 2.75) is 207 Å². The summed E-state index contributed by atoms with van der Waals surface area (Å²) in [6.45, 7) is 12.4. The fourth-order valence-corrected chi connectivity index (χ4v) is 17.9. The second kappa shape index (κ2) is 16.5. The first-order chi connectivity index (χ1) is 28.6. The van der Waals surface area contributed by atoms with Crippen molar-refractivity contribution in [2.75, 3.05) is 20.3 Å². The first-order valence-electron chi connectivity index (χ1n) is 25.1. The number of aliphatic hydroxyl groups excluding tert-OH is 2. The quantitative estimate of drug-likeness (QED) is 0.130. The third kappa shape index (κ3) is 6.59. The summed E-state index contributed by atoms with van der Waals surface area (Å²) in [5.41, 5.74) is -0.142. The highest BCUT2D eigenvalue weighted by atomic mass is 16.6. The zero-order chi connectivity index (χ0) is 42.8. The molecule has 8 rings (SSSR count). The van der Waals surface area contributed by atoms with Crippen molar-refractivity contribution in [3.05, 3.63) is 35.4 Å². The Morgan fingerprint density at radius 3 is 2.20 bits per heavy atom. The standard InChI is InChI=1S/C53H84O7/c1-7-14-41-51-25-22-40-48(4)29-28-46(2)26-27-47(3,45(56)57)34-42(46)50(48,24-13-9-12-17-37-15-10-8-11-16-37)31-30-49(40,5)52(51,36-54)43(55)35-53(41,58)60-44(51)33-39-20-18-38(19-21-39)23-32-59-6/h18-21,37,40-44,54-55,58H,7-17,22-36H2,1-6H3,(H,56,57). The van der Waals surface area contributed by atoms with Gasteiger partial charge in [-0.25, -0.2) is 0 Å². The van der Waals surface area contributed by atoms with Crippen LogP contribution < -0.4 is 0 Å². The largest absolute Gasteiger partial charge is 0.481 e. The molecule has 7 aliphatic rings. The molecule has 338 valence electrons. The summed E-state index contributed by atoms with van der Waals surface area (Å²) in [7, 11) is 1.74. The fourth-order valence-electron chi connectivity index (χ4n) is 17.9. The Hall–Kier alpha value is -1.51. The Morgan fingerprint density at radius 2 is 1.52 bits per heavy atom.